The number of aromatic nitrogens is 2. The Bertz CT molecular complexity index is 597. The highest BCUT2D eigenvalue weighted by Gasteiger charge is 2.28. The van der Waals surface area contributed by atoms with Gasteiger partial charge >= 0.3 is 0 Å². The predicted octanol–water partition coefficient (Wildman–Crippen LogP) is 0.386. The molecule has 1 fully saturated rings. The van der Waals surface area contributed by atoms with E-state index in [2.05, 4.69) is 31.7 Å². The highest BCUT2D eigenvalue weighted by molar-refractivity contribution is 7.90. The minimum absolute atomic E-state index is 0.112. The Morgan fingerprint density at radius 1 is 1.50 bits per heavy atom. The molecular formula is C14H25N5O2S. The smallest absolute Gasteiger partial charge is 0.193 e. The van der Waals surface area contributed by atoms with Crippen molar-refractivity contribution in [1.29, 1.82) is 0 Å². The van der Waals surface area contributed by atoms with Gasteiger partial charge in [-0.05, 0) is 12.3 Å². The van der Waals surface area contributed by atoms with Gasteiger partial charge in [0.1, 0.15) is 9.84 Å². The van der Waals surface area contributed by atoms with Crippen molar-refractivity contribution in [1.82, 2.24) is 19.8 Å². The van der Waals surface area contributed by atoms with E-state index >= 15 is 0 Å². The first-order chi connectivity index (χ1) is 10.4. The second kappa shape index (κ2) is 7.13. The summed E-state index contributed by atoms with van der Waals surface area (Å²) in [5.41, 5.74) is 0. The largest absolute Gasteiger partial charge is 0.355 e. The monoisotopic (exact) mass is 327 g/mol. The molecule has 22 heavy (non-hydrogen) atoms. The zero-order chi connectivity index (χ0) is 16.2. The number of guanidine groups is 1. The second-order valence-corrected chi connectivity index (χ2v) is 8.15. The second-order valence-electron chi connectivity index (χ2n) is 5.89. The topological polar surface area (TPSA) is 79.6 Å². The fourth-order valence-electron chi connectivity index (χ4n) is 2.78. The molecule has 0 spiro atoms. The summed E-state index contributed by atoms with van der Waals surface area (Å²) in [5, 5.41) is 3.15. The van der Waals surface area contributed by atoms with E-state index in [-0.39, 0.29) is 5.75 Å². The molecule has 1 aliphatic heterocycles. The van der Waals surface area contributed by atoms with E-state index < -0.39 is 9.84 Å². The minimum atomic E-state index is -2.96. The van der Waals surface area contributed by atoms with Gasteiger partial charge in [0, 0.05) is 45.3 Å². The highest BCUT2D eigenvalue weighted by atomic mass is 32.2. The number of hydrogen-bond donors (Lipinski definition) is 1. The molecular weight excluding hydrogens is 302 g/mol. The van der Waals surface area contributed by atoms with E-state index in [1.165, 1.54) is 6.26 Å². The van der Waals surface area contributed by atoms with Gasteiger partial charge in [0.15, 0.2) is 5.96 Å². The summed E-state index contributed by atoms with van der Waals surface area (Å²) in [6.07, 6.45) is 7.95. The maximum absolute atomic E-state index is 11.2. The van der Waals surface area contributed by atoms with E-state index in [0.717, 1.165) is 25.5 Å². The van der Waals surface area contributed by atoms with E-state index in [1.807, 2.05) is 12.5 Å². The van der Waals surface area contributed by atoms with Crippen molar-refractivity contribution in [2.75, 3.05) is 38.7 Å². The number of imidazole rings is 1. The van der Waals surface area contributed by atoms with Crippen LogP contribution in [0.15, 0.2) is 23.7 Å². The lowest BCUT2D eigenvalue weighted by molar-refractivity contribution is 0.189. The van der Waals surface area contributed by atoms with Crippen LogP contribution in [0.25, 0.3) is 0 Å². The first kappa shape index (κ1) is 16.8. The van der Waals surface area contributed by atoms with Crippen LogP contribution in [0, 0.1) is 5.92 Å². The van der Waals surface area contributed by atoms with Crippen LogP contribution in [-0.2, 0) is 9.84 Å². The molecule has 2 heterocycles. The van der Waals surface area contributed by atoms with Crippen molar-refractivity contribution >= 4 is 15.8 Å². The quantitative estimate of drug-likeness (QED) is 0.639. The number of likely N-dealkylation sites (tertiary alicyclic amines) is 1. The average Bonchev–Trinajstić information content (AvgIpc) is 2.97. The lowest BCUT2D eigenvalue weighted by Crippen LogP contribution is -2.49. The number of nitrogens with zero attached hydrogens (tertiary/aromatic N) is 4. The molecule has 1 aromatic rings. The fourth-order valence-corrected chi connectivity index (χ4v) is 3.25. The van der Waals surface area contributed by atoms with Gasteiger partial charge in [-0.3, -0.25) is 4.99 Å². The first-order valence-electron chi connectivity index (χ1n) is 7.51. The summed E-state index contributed by atoms with van der Waals surface area (Å²) in [6, 6.07) is 0.352. The molecule has 0 aromatic carbocycles. The molecule has 0 bridgehead atoms. The maximum atomic E-state index is 11.2. The summed E-state index contributed by atoms with van der Waals surface area (Å²) in [4.78, 5) is 10.6. The third-order valence-corrected chi connectivity index (χ3v) is 5.04. The Kier molecular flexibility index (Phi) is 5.44. The van der Waals surface area contributed by atoms with Gasteiger partial charge in [0.25, 0.3) is 0 Å². The van der Waals surface area contributed by atoms with Gasteiger partial charge in [-0.2, -0.15) is 0 Å². The van der Waals surface area contributed by atoms with Crippen molar-refractivity contribution in [2.24, 2.45) is 10.9 Å². The van der Waals surface area contributed by atoms with Gasteiger partial charge in [-0.15, -0.1) is 0 Å². The minimum Gasteiger partial charge on any atom is -0.355 e. The van der Waals surface area contributed by atoms with Crippen molar-refractivity contribution in [3.63, 3.8) is 0 Å². The van der Waals surface area contributed by atoms with E-state index in [9.17, 15) is 8.42 Å². The Morgan fingerprint density at radius 2 is 2.27 bits per heavy atom. The lowest BCUT2D eigenvalue weighted by Gasteiger charge is -2.39. The molecule has 2 unspecified atom stereocenters. The number of piperidine rings is 1. The summed E-state index contributed by atoms with van der Waals surface area (Å²) in [6.45, 7) is 4.40. The fraction of sp³-hybridized carbons (Fsp3) is 0.714. The summed E-state index contributed by atoms with van der Waals surface area (Å²) < 4.78 is 24.6. The Labute approximate surface area is 132 Å². The Hall–Kier alpha value is -1.57. The number of rotatable bonds is 4. The lowest BCUT2D eigenvalue weighted by atomic mass is 9.93. The molecule has 124 valence electrons. The molecule has 0 amide bonds. The van der Waals surface area contributed by atoms with Crippen LogP contribution in [0.3, 0.4) is 0 Å². The van der Waals surface area contributed by atoms with Crippen LogP contribution >= 0.6 is 0 Å². The molecule has 2 atom stereocenters. The van der Waals surface area contributed by atoms with Gasteiger partial charge in [0.2, 0.25) is 0 Å². The van der Waals surface area contributed by atoms with Crippen molar-refractivity contribution in [3.8, 4) is 0 Å². The van der Waals surface area contributed by atoms with Gasteiger partial charge < -0.3 is 14.8 Å². The van der Waals surface area contributed by atoms with Gasteiger partial charge in [-0.1, -0.05) is 6.92 Å². The Morgan fingerprint density at radius 3 is 2.86 bits per heavy atom. The van der Waals surface area contributed by atoms with Crippen LogP contribution in [0.5, 0.6) is 0 Å². The van der Waals surface area contributed by atoms with E-state index in [0.29, 0.717) is 18.5 Å². The van der Waals surface area contributed by atoms with Gasteiger partial charge in [-0.25, -0.2) is 13.4 Å². The van der Waals surface area contributed by atoms with Crippen LogP contribution in [-0.4, -0.2) is 67.5 Å². The highest BCUT2D eigenvalue weighted by Crippen LogP contribution is 2.27. The van der Waals surface area contributed by atoms with Crippen LogP contribution in [0.1, 0.15) is 19.4 Å². The third-order valence-electron chi connectivity index (χ3n) is 4.09. The van der Waals surface area contributed by atoms with E-state index in [4.69, 9.17) is 0 Å². The zero-order valence-corrected chi connectivity index (χ0v) is 14.3. The van der Waals surface area contributed by atoms with Crippen molar-refractivity contribution in [2.45, 2.75) is 19.4 Å². The molecule has 1 aliphatic rings. The molecule has 0 radical (unpaired) electrons. The summed E-state index contributed by atoms with van der Waals surface area (Å²) in [5.74, 6) is 1.45. The van der Waals surface area contributed by atoms with E-state index in [1.54, 1.807) is 13.2 Å². The molecule has 2 rings (SSSR count). The molecule has 7 nitrogen and oxygen atoms in total. The maximum Gasteiger partial charge on any atom is 0.193 e. The SMILES string of the molecule is CN=C(NCCS(C)(=O)=O)N1CCC(C)C(n2ccnc2)C1. The van der Waals surface area contributed by atoms with Crippen molar-refractivity contribution < 1.29 is 8.42 Å². The average molecular weight is 327 g/mol. The number of nitrogens with one attached hydrogen (secondary N) is 1. The zero-order valence-electron chi connectivity index (χ0n) is 13.4. The molecule has 8 heteroatoms. The third kappa shape index (κ3) is 4.46. The molecule has 1 N–H and O–H groups in total. The van der Waals surface area contributed by atoms with Crippen molar-refractivity contribution in [3.05, 3.63) is 18.7 Å². The molecule has 1 aromatic heterocycles. The van der Waals surface area contributed by atoms with Crippen LogP contribution < -0.4 is 5.32 Å². The molecule has 0 saturated carbocycles. The predicted molar refractivity (Wildman–Crippen MR) is 87.7 cm³/mol. The standard InChI is InChI=1S/C14H25N5O2S/c1-12-4-7-18(10-13(12)19-8-5-16-11-19)14(15-2)17-6-9-22(3,20)21/h5,8,11-13H,4,6-7,9-10H2,1-3H3,(H,15,17). The van der Waals surface area contributed by atoms with Gasteiger partial charge in [0.05, 0.1) is 18.1 Å². The molecule has 0 aliphatic carbocycles. The summed E-state index contributed by atoms with van der Waals surface area (Å²) >= 11 is 0. The summed E-state index contributed by atoms with van der Waals surface area (Å²) in [7, 11) is -1.23. The number of sulfone groups is 1. The van der Waals surface area contributed by atoms with Crippen LogP contribution in [0.2, 0.25) is 0 Å². The first-order valence-corrected chi connectivity index (χ1v) is 9.57. The Balaban J connectivity index is 1.98. The van der Waals surface area contributed by atoms with Crippen LogP contribution in [0.4, 0.5) is 0 Å². The number of aliphatic imine (C=N–C) groups is 1. The number of hydrogen-bond acceptors (Lipinski definition) is 4. The normalized spacial score (nSPS) is 23.6. The molecule has 1 saturated heterocycles.